The number of amides is 2. The zero-order valence-electron chi connectivity index (χ0n) is 24.5. The summed E-state index contributed by atoms with van der Waals surface area (Å²) in [6, 6.07) is -1.59. The Morgan fingerprint density at radius 2 is 1.64 bits per heavy atom. The summed E-state index contributed by atoms with van der Waals surface area (Å²) >= 11 is 0. The summed E-state index contributed by atoms with van der Waals surface area (Å²) in [7, 11) is 1.58. The second-order valence-corrected chi connectivity index (χ2v) is 14.4. The molecule has 0 radical (unpaired) electrons. The molecule has 1 unspecified atom stereocenters. The van der Waals surface area contributed by atoms with Crippen molar-refractivity contribution in [3.05, 3.63) is 34.9 Å². The monoisotopic (exact) mass is 539 g/mol. The van der Waals surface area contributed by atoms with Gasteiger partial charge < -0.3 is 15.6 Å². The Kier molecular flexibility index (Phi) is 6.14. The van der Waals surface area contributed by atoms with Crippen molar-refractivity contribution in [2.75, 3.05) is 7.11 Å². The maximum atomic E-state index is 13.5. The van der Waals surface area contributed by atoms with Gasteiger partial charge in [-0.3, -0.25) is 15.0 Å². The maximum Gasteiger partial charge on any atom is 0.326 e. The molecule has 3 saturated carbocycles. The molecule has 214 valence electrons. The number of methoxy groups -OCH3 is 1. The first-order valence-electron chi connectivity index (χ1n) is 14.3. The van der Waals surface area contributed by atoms with E-state index in [-0.39, 0.29) is 27.4 Å². The number of nitrogens with one attached hydrogen (secondary N) is 2. The van der Waals surface area contributed by atoms with E-state index >= 15 is 0 Å². The normalized spacial score (nSPS) is 46.8. The smallest absolute Gasteiger partial charge is 0.326 e. The molecule has 39 heavy (non-hydrogen) atoms. The Labute approximate surface area is 231 Å². The molecule has 0 aromatic rings. The van der Waals surface area contributed by atoms with Crippen molar-refractivity contribution in [2.24, 2.45) is 38.7 Å². The molecule has 8 heteroatoms. The number of hydrogen-bond donors (Lipinski definition) is 4. The third-order valence-corrected chi connectivity index (χ3v) is 12.5. The summed E-state index contributed by atoms with van der Waals surface area (Å²) in [6.45, 7) is 13.3. The van der Waals surface area contributed by atoms with Gasteiger partial charge in [-0.05, 0) is 98.2 Å². The predicted molar refractivity (Wildman–Crippen MR) is 148 cm³/mol. The zero-order chi connectivity index (χ0) is 28.8. The van der Waals surface area contributed by atoms with Crippen LogP contribution in [0.15, 0.2) is 34.9 Å². The number of primary amides is 1. The lowest BCUT2D eigenvalue weighted by Crippen LogP contribution is -2.65. The lowest BCUT2D eigenvalue weighted by Gasteiger charge is -2.70. The first kappa shape index (κ1) is 28.1. The molecule has 3 fully saturated rings. The highest BCUT2D eigenvalue weighted by atomic mass is 16.5. The Bertz CT molecular complexity index is 1240. The molecule has 0 saturated heterocycles. The van der Waals surface area contributed by atoms with E-state index in [4.69, 9.17) is 10.5 Å². The van der Waals surface area contributed by atoms with E-state index in [9.17, 15) is 19.5 Å². The van der Waals surface area contributed by atoms with Crippen LogP contribution in [-0.2, 0) is 14.3 Å². The number of hydrazine groups is 1. The van der Waals surface area contributed by atoms with Crippen LogP contribution in [0.25, 0.3) is 0 Å². The molecule has 0 spiro atoms. The van der Waals surface area contributed by atoms with Crippen LogP contribution in [0.3, 0.4) is 0 Å². The largest absolute Gasteiger partial charge is 0.481 e. The fourth-order valence-corrected chi connectivity index (χ4v) is 9.48. The van der Waals surface area contributed by atoms with Gasteiger partial charge in [0.1, 0.15) is 11.6 Å². The third kappa shape index (κ3) is 3.59. The van der Waals surface area contributed by atoms with Gasteiger partial charge in [-0.1, -0.05) is 45.4 Å². The standard InChI is InChI=1S/C31H45N3O5/c1-26-10-11-27(2,24(36)37)17-22(26)30(5)15-13-28(3)19-16-20(35)23(33-34-25(32)38)31(6,39-7)18(19)8-9-21(28)29(30,4)14-12-26/h8-9,16,22-23,33H,10-15,17H2,1-7H3,(H,36,37)(H3,32,34,38)/t22-,23?,26-,27-,28+,29-,30+,31+/m1/s1. The van der Waals surface area contributed by atoms with Crippen molar-refractivity contribution < 1.29 is 24.2 Å². The van der Waals surface area contributed by atoms with Crippen molar-refractivity contribution in [1.29, 1.82) is 0 Å². The van der Waals surface area contributed by atoms with E-state index in [2.05, 4.69) is 50.7 Å². The Morgan fingerprint density at radius 3 is 2.26 bits per heavy atom. The Hall–Kier alpha value is -2.45. The number of aliphatic carboxylic acids is 1. The predicted octanol–water partition coefficient (Wildman–Crippen LogP) is 4.81. The fourth-order valence-electron chi connectivity index (χ4n) is 9.48. The van der Waals surface area contributed by atoms with Crippen molar-refractivity contribution in [2.45, 2.75) is 98.1 Å². The van der Waals surface area contributed by atoms with Crippen molar-refractivity contribution in [3.63, 3.8) is 0 Å². The zero-order valence-corrected chi connectivity index (χ0v) is 24.5. The quantitative estimate of drug-likeness (QED) is 0.379. The number of carboxylic acids is 1. The van der Waals surface area contributed by atoms with Gasteiger partial charge in [-0.25, -0.2) is 10.2 Å². The summed E-state index contributed by atoms with van der Waals surface area (Å²) in [6.07, 6.45) is 12.4. The van der Waals surface area contributed by atoms with Crippen LogP contribution in [0.2, 0.25) is 0 Å². The van der Waals surface area contributed by atoms with E-state index in [1.165, 1.54) is 5.57 Å². The second kappa shape index (κ2) is 8.53. The second-order valence-electron chi connectivity index (χ2n) is 14.4. The van der Waals surface area contributed by atoms with Gasteiger partial charge in [0, 0.05) is 12.5 Å². The van der Waals surface area contributed by atoms with Crippen molar-refractivity contribution in [1.82, 2.24) is 10.9 Å². The number of carbonyl (C=O) groups is 3. The topological polar surface area (TPSA) is 131 Å². The van der Waals surface area contributed by atoms with Gasteiger partial charge in [0.2, 0.25) is 0 Å². The number of fused-ring (bicyclic) bond motifs is 7. The number of urea groups is 1. The van der Waals surface area contributed by atoms with Crippen LogP contribution in [0.5, 0.6) is 0 Å². The molecule has 5 N–H and O–H groups in total. The lowest BCUT2D eigenvalue weighted by molar-refractivity contribution is -0.178. The summed E-state index contributed by atoms with van der Waals surface area (Å²) < 4.78 is 6.00. The van der Waals surface area contributed by atoms with Gasteiger partial charge in [0.25, 0.3) is 0 Å². The summed E-state index contributed by atoms with van der Waals surface area (Å²) in [5.41, 5.74) is 11.6. The number of carboxylic acid groups (broad SMARTS) is 1. The lowest BCUT2D eigenvalue weighted by atomic mass is 9.34. The highest BCUT2D eigenvalue weighted by Gasteiger charge is 2.68. The highest BCUT2D eigenvalue weighted by molar-refractivity contribution is 6.00. The third-order valence-electron chi connectivity index (χ3n) is 12.5. The first-order valence-corrected chi connectivity index (χ1v) is 14.3. The minimum absolute atomic E-state index is 0.0624. The number of ketones is 1. The number of allylic oxidation sites excluding steroid dienone is 3. The first-order chi connectivity index (χ1) is 18.0. The van der Waals surface area contributed by atoms with Gasteiger partial charge in [0.15, 0.2) is 5.78 Å². The summed E-state index contributed by atoms with van der Waals surface area (Å²) in [4.78, 5) is 37.3. The fraction of sp³-hybridized carbons (Fsp3) is 0.710. The van der Waals surface area contributed by atoms with Crippen LogP contribution in [0, 0.1) is 33.0 Å². The van der Waals surface area contributed by atoms with Gasteiger partial charge >= 0.3 is 12.0 Å². The van der Waals surface area contributed by atoms with Crippen LogP contribution < -0.4 is 16.6 Å². The molecular formula is C31H45N3O5. The molecule has 5 aliphatic rings. The number of rotatable bonds is 4. The van der Waals surface area contributed by atoms with Crippen LogP contribution in [-0.4, -0.2) is 41.6 Å². The average Bonchev–Trinajstić information content (AvgIpc) is 2.86. The molecule has 5 rings (SSSR count). The van der Waals surface area contributed by atoms with E-state index in [0.29, 0.717) is 12.3 Å². The minimum atomic E-state index is -1.01. The number of hydrogen-bond acceptors (Lipinski definition) is 5. The van der Waals surface area contributed by atoms with E-state index in [0.717, 1.165) is 49.7 Å². The molecule has 0 aromatic heterocycles. The Morgan fingerprint density at radius 1 is 0.974 bits per heavy atom. The van der Waals surface area contributed by atoms with E-state index in [1.54, 1.807) is 13.2 Å². The molecule has 8 nitrogen and oxygen atoms in total. The van der Waals surface area contributed by atoms with Crippen LogP contribution in [0.4, 0.5) is 4.79 Å². The molecular weight excluding hydrogens is 494 g/mol. The highest BCUT2D eigenvalue weighted by Crippen LogP contribution is 2.75. The molecule has 8 atom stereocenters. The minimum Gasteiger partial charge on any atom is -0.481 e. The molecule has 2 amide bonds. The van der Waals surface area contributed by atoms with Gasteiger partial charge in [0.05, 0.1) is 5.41 Å². The SMILES string of the molecule is CO[C@@]1(C)C2=CC=C3[C@@](C)(CC[C@@]4(C)[C@@H]5C[C@](C)(C(=O)O)CC[C@]5(C)CC[C@]34C)C2=CC(=O)C1NNC(N)=O. The number of ether oxygens (including phenoxy) is 1. The average molecular weight is 540 g/mol. The van der Waals surface area contributed by atoms with Crippen molar-refractivity contribution >= 4 is 17.8 Å². The molecule has 0 heterocycles. The van der Waals surface area contributed by atoms with Crippen LogP contribution >= 0.6 is 0 Å². The number of nitrogens with two attached hydrogens (primary N) is 1. The maximum absolute atomic E-state index is 13.5. The van der Waals surface area contributed by atoms with Gasteiger partial charge in [-0.15, -0.1) is 0 Å². The Balaban J connectivity index is 1.61. The van der Waals surface area contributed by atoms with Gasteiger partial charge in [-0.2, -0.15) is 0 Å². The van der Waals surface area contributed by atoms with Crippen molar-refractivity contribution in [3.8, 4) is 0 Å². The summed E-state index contributed by atoms with van der Waals surface area (Å²) in [5, 5.41) is 10.2. The van der Waals surface area contributed by atoms with E-state index < -0.39 is 29.1 Å². The molecule has 0 aliphatic heterocycles. The molecule has 0 aromatic carbocycles. The number of carbonyl (C=O) groups excluding carboxylic acids is 2. The van der Waals surface area contributed by atoms with E-state index in [1.807, 2.05) is 13.8 Å². The molecule has 0 bridgehead atoms. The molecule has 5 aliphatic carbocycles. The summed E-state index contributed by atoms with van der Waals surface area (Å²) in [5.74, 6) is -0.541. The van der Waals surface area contributed by atoms with Crippen LogP contribution in [0.1, 0.15) is 86.5 Å².